The minimum Gasteiger partial charge on any atom is -0.306 e. The van der Waals surface area contributed by atoms with Crippen LogP contribution in [0.5, 0.6) is 0 Å². The van der Waals surface area contributed by atoms with Gasteiger partial charge in [-0.3, -0.25) is 0 Å². The van der Waals surface area contributed by atoms with Gasteiger partial charge in [-0.25, -0.2) is 9.99 Å². The van der Waals surface area contributed by atoms with Crippen LogP contribution in [0.2, 0.25) is 0 Å². The number of nitrogens with zero attached hydrogens (tertiary/aromatic N) is 4. The van der Waals surface area contributed by atoms with Gasteiger partial charge in [0.1, 0.15) is 0 Å². The van der Waals surface area contributed by atoms with Gasteiger partial charge in [0.05, 0.1) is 23.4 Å². The van der Waals surface area contributed by atoms with Crippen molar-refractivity contribution in [3.63, 3.8) is 0 Å². The molecule has 1 aromatic heterocycles. The number of hydrogen-bond donors (Lipinski definition) is 0. The van der Waals surface area contributed by atoms with Crippen LogP contribution in [0.15, 0.2) is 109 Å². The third kappa shape index (κ3) is 3.80. The average molecular weight is 352 g/mol. The van der Waals surface area contributed by atoms with E-state index in [0.717, 1.165) is 28.3 Å². The molecule has 0 aliphatic heterocycles. The minimum absolute atomic E-state index is 0.944. The number of hydrazone groups is 1. The van der Waals surface area contributed by atoms with Crippen molar-refractivity contribution < 1.29 is 0 Å². The lowest BCUT2D eigenvalue weighted by Gasteiger charge is -2.20. The van der Waals surface area contributed by atoms with Crippen LogP contribution in [0.4, 0.5) is 11.4 Å². The zero-order valence-electron chi connectivity index (χ0n) is 15.1. The molecule has 0 aliphatic carbocycles. The smallest absolute Gasteiger partial charge is 0.0991 e. The highest BCUT2D eigenvalue weighted by molar-refractivity contribution is 5.99. The van der Waals surface area contributed by atoms with Crippen LogP contribution < -0.4 is 5.01 Å². The Bertz CT molecular complexity index is 966. The van der Waals surface area contributed by atoms with E-state index in [1.54, 1.807) is 12.5 Å². The number of benzene rings is 3. The molecule has 0 unspecified atom stereocenters. The van der Waals surface area contributed by atoms with Gasteiger partial charge in [-0.1, -0.05) is 48.5 Å². The summed E-state index contributed by atoms with van der Waals surface area (Å²) in [5.41, 5.74) is 5.15. The largest absolute Gasteiger partial charge is 0.306 e. The maximum Gasteiger partial charge on any atom is 0.0991 e. The molecule has 27 heavy (non-hydrogen) atoms. The van der Waals surface area contributed by atoms with Gasteiger partial charge in [-0.15, -0.1) is 0 Å². The molecule has 4 nitrogen and oxygen atoms in total. The second-order valence-corrected chi connectivity index (χ2v) is 6.19. The Kier molecular flexibility index (Phi) is 4.79. The SMILES string of the molecule is CC(=NN(c1ccccc1)c1ccccc1)c1ccc(-n2ccnc2)cc1. The molecule has 1 heterocycles. The molecule has 0 saturated carbocycles. The summed E-state index contributed by atoms with van der Waals surface area (Å²) >= 11 is 0. The first-order valence-electron chi connectivity index (χ1n) is 8.85. The zero-order chi connectivity index (χ0) is 18.5. The van der Waals surface area contributed by atoms with E-state index in [4.69, 9.17) is 5.10 Å². The fourth-order valence-electron chi connectivity index (χ4n) is 2.90. The maximum absolute atomic E-state index is 4.91. The maximum atomic E-state index is 4.91. The van der Waals surface area contributed by atoms with Gasteiger partial charge >= 0.3 is 0 Å². The average Bonchev–Trinajstić information content (AvgIpc) is 3.28. The van der Waals surface area contributed by atoms with E-state index in [0.29, 0.717) is 0 Å². The molecule has 0 amide bonds. The van der Waals surface area contributed by atoms with E-state index in [-0.39, 0.29) is 0 Å². The zero-order valence-corrected chi connectivity index (χ0v) is 15.1. The predicted octanol–water partition coefficient (Wildman–Crippen LogP) is 5.43. The Morgan fingerprint density at radius 3 is 1.93 bits per heavy atom. The fourth-order valence-corrected chi connectivity index (χ4v) is 2.90. The van der Waals surface area contributed by atoms with Crippen molar-refractivity contribution in [3.8, 4) is 5.69 Å². The highest BCUT2D eigenvalue weighted by Crippen LogP contribution is 2.26. The van der Waals surface area contributed by atoms with Crippen LogP contribution >= 0.6 is 0 Å². The molecule has 0 saturated heterocycles. The third-order valence-electron chi connectivity index (χ3n) is 4.34. The van der Waals surface area contributed by atoms with E-state index < -0.39 is 0 Å². The number of anilines is 2. The van der Waals surface area contributed by atoms with Crippen LogP contribution in [0.25, 0.3) is 5.69 Å². The summed E-state index contributed by atoms with van der Waals surface area (Å²) < 4.78 is 1.98. The fraction of sp³-hybridized carbons (Fsp3) is 0.0435. The third-order valence-corrected chi connectivity index (χ3v) is 4.34. The molecule has 0 N–H and O–H groups in total. The van der Waals surface area contributed by atoms with Gasteiger partial charge in [-0.2, -0.15) is 5.10 Å². The van der Waals surface area contributed by atoms with E-state index >= 15 is 0 Å². The first kappa shape index (κ1) is 16.8. The summed E-state index contributed by atoms with van der Waals surface area (Å²) in [6.07, 6.45) is 5.50. The molecule has 132 valence electrons. The first-order valence-corrected chi connectivity index (χ1v) is 8.85. The van der Waals surface area contributed by atoms with E-state index in [1.165, 1.54) is 0 Å². The summed E-state index contributed by atoms with van der Waals surface area (Å²) in [6, 6.07) is 28.7. The van der Waals surface area contributed by atoms with Crippen LogP contribution in [-0.4, -0.2) is 15.3 Å². The highest BCUT2D eigenvalue weighted by atomic mass is 15.5. The number of aromatic nitrogens is 2. The molecule has 0 spiro atoms. The van der Waals surface area contributed by atoms with Crippen molar-refractivity contribution in [1.29, 1.82) is 0 Å². The van der Waals surface area contributed by atoms with Crippen LogP contribution in [-0.2, 0) is 0 Å². The van der Waals surface area contributed by atoms with Gasteiger partial charge in [0.15, 0.2) is 0 Å². The quantitative estimate of drug-likeness (QED) is 0.354. The number of rotatable bonds is 5. The Balaban J connectivity index is 1.68. The monoisotopic (exact) mass is 352 g/mol. The second-order valence-electron chi connectivity index (χ2n) is 6.19. The highest BCUT2D eigenvalue weighted by Gasteiger charge is 2.09. The molecular weight excluding hydrogens is 332 g/mol. The first-order chi connectivity index (χ1) is 13.3. The molecule has 0 atom stereocenters. The van der Waals surface area contributed by atoms with Gasteiger partial charge in [0.25, 0.3) is 0 Å². The lowest BCUT2D eigenvalue weighted by molar-refractivity contribution is 1.05. The Labute approximate surface area is 159 Å². The van der Waals surface area contributed by atoms with E-state index in [2.05, 4.69) is 53.5 Å². The van der Waals surface area contributed by atoms with Gasteiger partial charge in [-0.05, 0) is 48.9 Å². The number of hydrogen-bond acceptors (Lipinski definition) is 3. The van der Waals surface area contributed by atoms with Gasteiger partial charge in [0, 0.05) is 18.1 Å². The molecule has 0 fully saturated rings. The molecule has 0 bridgehead atoms. The lowest BCUT2D eigenvalue weighted by Crippen LogP contribution is -2.12. The van der Waals surface area contributed by atoms with Crippen molar-refractivity contribution in [3.05, 3.63) is 109 Å². The predicted molar refractivity (Wildman–Crippen MR) is 111 cm³/mol. The standard InChI is InChI=1S/C23H20N4/c1-19(20-12-14-21(15-13-20)26-17-16-24-18-26)25-27(22-8-4-2-5-9-22)23-10-6-3-7-11-23/h2-18H,1H3. The van der Waals surface area contributed by atoms with Crippen molar-refractivity contribution >= 4 is 17.1 Å². The molecule has 4 aromatic rings. The van der Waals surface area contributed by atoms with Crippen LogP contribution in [0.3, 0.4) is 0 Å². The van der Waals surface area contributed by atoms with E-state index in [1.807, 2.05) is 59.1 Å². The summed E-state index contributed by atoms with van der Waals surface area (Å²) in [7, 11) is 0. The normalized spacial score (nSPS) is 11.4. The van der Waals surface area contributed by atoms with Crippen LogP contribution in [0.1, 0.15) is 12.5 Å². The van der Waals surface area contributed by atoms with E-state index in [9.17, 15) is 0 Å². The van der Waals surface area contributed by atoms with Gasteiger partial charge < -0.3 is 4.57 Å². The summed E-state index contributed by atoms with van der Waals surface area (Å²) in [4.78, 5) is 4.10. The van der Waals surface area contributed by atoms with Crippen molar-refractivity contribution in [2.75, 3.05) is 5.01 Å². The Morgan fingerprint density at radius 2 is 1.41 bits per heavy atom. The Morgan fingerprint density at radius 1 is 0.815 bits per heavy atom. The van der Waals surface area contributed by atoms with Crippen molar-refractivity contribution in [1.82, 2.24) is 9.55 Å². The summed E-state index contributed by atoms with van der Waals surface area (Å²) in [5.74, 6) is 0. The molecule has 0 aliphatic rings. The number of imidazole rings is 1. The minimum atomic E-state index is 0.944. The van der Waals surface area contributed by atoms with Gasteiger partial charge in [0.2, 0.25) is 0 Å². The summed E-state index contributed by atoms with van der Waals surface area (Å²) in [5, 5.41) is 6.88. The summed E-state index contributed by atoms with van der Waals surface area (Å²) in [6.45, 7) is 2.03. The molecule has 0 radical (unpaired) electrons. The second kappa shape index (κ2) is 7.70. The topological polar surface area (TPSA) is 33.4 Å². The number of para-hydroxylation sites is 2. The molecular formula is C23H20N4. The van der Waals surface area contributed by atoms with Crippen molar-refractivity contribution in [2.45, 2.75) is 6.92 Å². The molecule has 4 heteroatoms. The van der Waals surface area contributed by atoms with Crippen molar-refractivity contribution in [2.24, 2.45) is 5.10 Å². The molecule has 4 rings (SSSR count). The van der Waals surface area contributed by atoms with Crippen LogP contribution in [0, 0.1) is 0 Å². The Hall–Kier alpha value is -3.66. The molecule has 3 aromatic carbocycles. The lowest BCUT2D eigenvalue weighted by atomic mass is 10.1.